The molecule has 0 unspecified atom stereocenters. The van der Waals surface area contributed by atoms with Crippen LogP contribution in [0.1, 0.15) is 21.5 Å². The molecule has 0 atom stereocenters. The number of ether oxygens (including phenoxy) is 2. The number of nitrogens with zero attached hydrogens (tertiary/aromatic N) is 1. The van der Waals surface area contributed by atoms with Crippen LogP contribution in [0.25, 0.3) is 0 Å². The molecule has 142 valence electrons. The highest BCUT2D eigenvalue weighted by Gasteiger charge is 2.26. The van der Waals surface area contributed by atoms with Crippen LogP contribution in [-0.4, -0.2) is 10.9 Å². The molecule has 0 heterocycles. The summed E-state index contributed by atoms with van der Waals surface area (Å²) in [6.45, 7) is 0.179. The van der Waals surface area contributed by atoms with Crippen molar-refractivity contribution in [1.82, 2.24) is 0 Å². The lowest BCUT2D eigenvalue weighted by Crippen LogP contribution is -2.11. The van der Waals surface area contributed by atoms with E-state index in [9.17, 15) is 14.9 Å². The molecule has 0 saturated carbocycles. The zero-order valence-electron chi connectivity index (χ0n) is 14.9. The molecule has 3 aromatic rings. The van der Waals surface area contributed by atoms with Gasteiger partial charge in [0.05, 0.1) is 10.5 Å². The van der Waals surface area contributed by atoms with Gasteiger partial charge in [-0.3, -0.25) is 10.1 Å². The van der Waals surface area contributed by atoms with E-state index in [2.05, 4.69) is 0 Å². The van der Waals surface area contributed by atoms with Gasteiger partial charge in [0.25, 0.3) is 0 Å². The van der Waals surface area contributed by atoms with E-state index in [-0.39, 0.29) is 30.2 Å². The molecule has 0 fully saturated rings. The third kappa shape index (κ3) is 4.45. The van der Waals surface area contributed by atoms with E-state index in [4.69, 9.17) is 15.2 Å². The zero-order valence-corrected chi connectivity index (χ0v) is 14.9. The first-order valence-corrected chi connectivity index (χ1v) is 8.51. The molecule has 7 heteroatoms. The summed E-state index contributed by atoms with van der Waals surface area (Å²) in [5, 5.41) is 11.5. The number of hydrogen-bond donors (Lipinski definition) is 1. The Morgan fingerprint density at radius 2 is 1.46 bits per heavy atom. The van der Waals surface area contributed by atoms with Crippen molar-refractivity contribution in [3.05, 3.63) is 99.6 Å². The van der Waals surface area contributed by atoms with E-state index in [1.807, 2.05) is 48.5 Å². The average Bonchev–Trinajstić information content (AvgIpc) is 2.71. The highest BCUT2D eigenvalue weighted by atomic mass is 16.6. The van der Waals surface area contributed by atoms with Gasteiger partial charge in [0, 0.05) is 0 Å². The molecular weight excluding hydrogens is 360 g/mol. The Balaban J connectivity index is 1.78. The van der Waals surface area contributed by atoms with Crippen LogP contribution in [0.15, 0.2) is 72.8 Å². The molecule has 0 radical (unpaired) electrons. The lowest BCUT2D eigenvalue weighted by atomic mass is 10.1. The number of nitrogen functional groups attached to an aromatic ring is 1. The maximum atomic E-state index is 12.3. The van der Waals surface area contributed by atoms with Crippen LogP contribution in [0.2, 0.25) is 0 Å². The Morgan fingerprint density at radius 3 is 2.04 bits per heavy atom. The third-order valence-electron chi connectivity index (χ3n) is 4.03. The van der Waals surface area contributed by atoms with Crippen molar-refractivity contribution in [2.24, 2.45) is 0 Å². The van der Waals surface area contributed by atoms with Crippen molar-refractivity contribution < 1.29 is 19.2 Å². The first-order valence-electron chi connectivity index (χ1n) is 8.51. The van der Waals surface area contributed by atoms with Crippen LogP contribution in [0.3, 0.4) is 0 Å². The fourth-order valence-electron chi connectivity index (χ4n) is 2.61. The number of esters is 1. The highest BCUT2D eigenvalue weighted by Crippen LogP contribution is 2.36. The van der Waals surface area contributed by atoms with Crippen molar-refractivity contribution in [2.45, 2.75) is 13.2 Å². The predicted octanol–water partition coefficient (Wildman–Crippen LogP) is 4.11. The fraction of sp³-hybridized carbons (Fsp3) is 0.0952. The third-order valence-corrected chi connectivity index (χ3v) is 4.03. The number of rotatable bonds is 7. The molecule has 3 rings (SSSR count). The van der Waals surface area contributed by atoms with Gasteiger partial charge in [-0.2, -0.15) is 0 Å². The van der Waals surface area contributed by atoms with Crippen molar-refractivity contribution >= 4 is 17.3 Å². The van der Waals surface area contributed by atoms with Crippen LogP contribution in [0.5, 0.6) is 5.75 Å². The van der Waals surface area contributed by atoms with Gasteiger partial charge in [-0.05, 0) is 23.3 Å². The fourth-order valence-corrected chi connectivity index (χ4v) is 2.61. The first-order chi connectivity index (χ1) is 13.6. The quantitative estimate of drug-likeness (QED) is 0.287. The van der Waals surface area contributed by atoms with Crippen molar-refractivity contribution in [2.75, 3.05) is 5.73 Å². The molecule has 7 nitrogen and oxygen atoms in total. The number of anilines is 1. The van der Waals surface area contributed by atoms with Crippen molar-refractivity contribution in [3.63, 3.8) is 0 Å². The number of carbonyl (C=O) groups excluding carboxylic acids is 1. The minimum atomic E-state index is -0.737. The molecule has 3 aromatic carbocycles. The van der Waals surface area contributed by atoms with Crippen molar-refractivity contribution in [1.29, 1.82) is 0 Å². The summed E-state index contributed by atoms with van der Waals surface area (Å²) >= 11 is 0. The molecular formula is C21H18N2O5. The highest BCUT2D eigenvalue weighted by molar-refractivity contribution is 5.98. The van der Waals surface area contributed by atoms with Crippen LogP contribution in [0.4, 0.5) is 11.4 Å². The molecule has 2 N–H and O–H groups in total. The number of hydrogen-bond acceptors (Lipinski definition) is 6. The molecule has 0 aromatic heterocycles. The number of nitro groups is 1. The second-order valence-corrected chi connectivity index (χ2v) is 5.97. The van der Waals surface area contributed by atoms with Gasteiger partial charge in [-0.15, -0.1) is 0 Å². The predicted molar refractivity (Wildman–Crippen MR) is 104 cm³/mol. The van der Waals surface area contributed by atoms with Gasteiger partial charge < -0.3 is 15.2 Å². The van der Waals surface area contributed by atoms with Crippen LogP contribution in [0, 0.1) is 10.1 Å². The topological polar surface area (TPSA) is 105 Å². The smallest absolute Gasteiger partial charge is 0.340 e. The summed E-state index contributed by atoms with van der Waals surface area (Å²) in [7, 11) is 0. The Hall–Kier alpha value is -3.87. The van der Waals surface area contributed by atoms with Gasteiger partial charge in [0.2, 0.25) is 0 Å². The number of nitro benzene ring substituents is 1. The lowest BCUT2D eigenvalue weighted by Gasteiger charge is -2.11. The van der Waals surface area contributed by atoms with Gasteiger partial charge >= 0.3 is 11.7 Å². The minimum Gasteiger partial charge on any atom is -0.482 e. The standard InChI is InChI=1S/C21H18N2O5/c22-19-17(21(24)28-14-16-9-5-2-6-10-16)11-12-18(20(19)23(25)26)27-13-15-7-3-1-4-8-15/h1-12H,13-14,22H2. The summed E-state index contributed by atoms with van der Waals surface area (Å²) < 4.78 is 10.8. The van der Waals surface area contributed by atoms with Gasteiger partial charge in [-0.1, -0.05) is 60.7 Å². The molecule has 0 aliphatic carbocycles. The van der Waals surface area contributed by atoms with E-state index in [1.165, 1.54) is 12.1 Å². The van der Waals surface area contributed by atoms with E-state index in [0.717, 1.165) is 11.1 Å². The number of nitrogens with two attached hydrogens (primary N) is 1. The maximum absolute atomic E-state index is 12.3. The van der Waals surface area contributed by atoms with Crippen LogP contribution in [-0.2, 0) is 18.0 Å². The van der Waals surface area contributed by atoms with E-state index in [0.29, 0.717) is 0 Å². The molecule has 28 heavy (non-hydrogen) atoms. The maximum Gasteiger partial charge on any atom is 0.340 e. The summed E-state index contributed by atoms with van der Waals surface area (Å²) in [4.78, 5) is 23.2. The van der Waals surface area contributed by atoms with Gasteiger partial charge in [0.15, 0.2) is 5.75 Å². The van der Waals surface area contributed by atoms with Crippen LogP contribution < -0.4 is 10.5 Å². The molecule has 0 saturated heterocycles. The summed E-state index contributed by atoms with van der Waals surface area (Å²) in [5.41, 5.74) is 6.74. The number of carbonyl (C=O) groups is 1. The Kier molecular flexibility index (Phi) is 5.86. The lowest BCUT2D eigenvalue weighted by molar-refractivity contribution is -0.385. The van der Waals surface area contributed by atoms with E-state index in [1.54, 1.807) is 12.1 Å². The van der Waals surface area contributed by atoms with Gasteiger partial charge in [-0.25, -0.2) is 4.79 Å². The number of benzene rings is 3. The Labute approximate surface area is 161 Å². The minimum absolute atomic E-state index is 0.00837. The van der Waals surface area contributed by atoms with E-state index >= 15 is 0 Å². The van der Waals surface area contributed by atoms with Crippen molar-refractivity contribution in [3.8, 4) is 5.75 Å². The summed E-state index contributed by atoms with van der Waals surface area (Å²) in [6.07, 6.45) is 0. The normalized spacial score (nSPS) is 10.3. The second-order valence-electron chi connectivity index (χ2n) is 5.97. The van der Waals surface area contributed by atoms with E-state index < -0.39 is 16.6 Å². The van der Waals surface area contributed by atoms with Gasteiger partial charge in [0.1, 0.15) is 18.9 Å². The Bertz CT molecular complexity index is 975. The molecule has 0 amide bonds. The first kappa shape index (κ1) is 18.9. The SMILES string of the molecule is Nc1c(C(=O)OCc2ccccc2)ccc(OCc2ccccc2)c1[N+](=O)[O-]. The zero-order chi connectivity index (χ0) is 19.9. The Morgan fingerprint density at radius 1 is 0.893 bits per heavy atom. The van der Waals surface area contributed by atoms with Crippen LogP contribution >= 0.6 is 0 Å². The summed E-state index contributed by atoms with van der Waals surface area (Å²) in [6, 6.07) is 21.0. The second kappa shape index (κ2) is 8.68. The molecule has 0 spiro atoms. The largest absolute Gasteiger partial charge is 0.482 e. The monoisotopic (exact) mass is 378 g/mol. The molecule has 0 aliphatic heterocycles. The summed E-state index contributed by atoms with van der Waals surface area (Å²) in [5.74, 6) is -0.745. The molecule has 0 aliphatic rings. The average molecular weight is 378 g/mol. The molecule has 0 bridgehead atoms.